The zero-order chi connectivity index (χ0) is 21.7. The van der Waals surface area contributed by atoms with Crippen LogP contribution < -0.4 is 4.90 Å². The number of nitrogens with zero attached hydrogens (tertiary/aromatic N) is 3. The van der Waals surface area contributed by atoms with Gasteiger partial charge in [0.2, 0.25) is 0 Å². The summed E-state index contributed by atoms with van der Waals surface area (Å²) in [6.45, 7) is 2.33. The van der Waals surface area contributed by atoms with Crippen LogP contribution in [-0.4, -0.2) is 48.9 Å². The van der Waals surface area contributed by atoms with E-state index < -0.39 is 16.8 Å². The van der Waals surface area contributed by atoms with Crippen LogP contribution in [0.5, 0.6) is 0 Å². The highest BCUT2D eigenvalue weighted by Gasteiger charge is 2.22. The normalized spacial score (nSPS) is 13.6. The van der Waals surface area contributed by atoms with Gasteiger partial charge in [-0.1, -0.05) is 18.2 Å². The molecule has 8 heteroatoms. The zero-order valence-corrected chi connectivity index (χ0v) is 17.2. The number of ether oxygens (including phenoxy) is 1. The first-order valence-electron chi connectivity index (χ1n) is 9.87. The van der Waals surface area contributed by atoms with Gasteiger partial charge in [-0.25, -0.2) is 4.79 Å². The molecule has 1 aliphatic heterocycles. The summed E-state index contributed by atoms with van der Waals surface area (Å²) in [7, 11) is 2.83. The van der Waals surface area contributed by atoms with Crippen molar-refractivity contribution >= 4 is 23.3 Å². The van der Waals surface area contributed by atoms with Crippen molar-refractivity contribution in [3.05, 3.63) is 69.3 Å². The Morgan fingerprint density at radius 1 is 1.10 bits per heavy atom. The minimum Gasteiger partial charge on any atom is -0.465 e. The Morgan fingerprint density at radius 2 is 1.77 bits per heavy atom. The van der Waals surface area contributed by atoms with Crippen molar-refractivity contribution in [1.29, 1.82) is 0 Å². The highest BCUT2D eigenvalue weighted by Crippen LogP contribution is 2.26. The molecular formula is C22H25N3O5. The van der Waals surface area contributed by atoms with Gasteiger partial charge in [0.1, 0.15) is 0 Å². The Hall–Kier alpha value is -3.42. The van der Waals surface area contributed by atoms with Crippen LogP contribution in [0.25, 0.3) is 0 Å². The summed E-state index contributed by atoms with van der Waals surface area (Å²) in [6.07, 6.45) is 3.52. The number of esters is 1. The van der Waals surface area contributed by atoms with E-state index >= 15 is 0 Å². The molecule has 0 bridgehead atoms. The second-order valence-corrected chi connectivity index (χ2v) is 7.35. The third-order valence-corrected chi connectivity index (χ3v) is 5.24. The maximum Gasteiger partial charge on any atom is 0.338 e. The molecule has 3 rings (SSSR count). The molecular weight excluding hydrogens is 386 g/mol. The van der Waals surface area contributed by atoms with Crippen LogP contribution in [0.15, 0.2) is 42.5 Å². The molecule has 0 N–H and O–H groups in total. The lowest BCUT2D eigenvalue weighted by molar-refractivity contribution is -0.384. The summed E-state index contributed by atoms with van der Waals surface area (Å²) in [6, 6.07) is 11.6. The molecule has 8 nitrogen and oxygen atoms in total. The zero-order valence-electron chi connectivity index (χ0n) is 17.2. The number of hydrogen-bond acceptors (Lipinski definition) is 6. The predicted octanol–water partition coefficient (Wildman–Crippen LogP) is 3.64. The van der Waals surface area contributed by atoms with Crippen LogP contribution in [0.2, 0.25) is 0 Å². The van der Waals surface area contributed by atoms with Crippen molar-refractivity contribution in [1.82, 2.24) is 4.90 Å². The summed E-state index contributed by atoms with van der Waals surface area (Å²) >= 11 is 0. The number of para-hydroxylation sites is 1. The van der Waals surface area contributed by atoms with Crippen molar-refractivity contribution in [3.8, 4) is 0 Å². The Labute approximate surface area is 175 Å². The van der Waals surface area contributed by atoms with E-state index in [1.165, 1.54) is 30.6 Å². The van der Waals surface area contributed by atoms with Crippen molar-refractivity contribution in [2.45, 2.75) is 25.8 Å². The molecule has 0 saturated carbocycles. The van der Waals surface area contributed by atoms with Crippen LogP contribution in [0.3, 0.4) is 0 Å². The Balaban J connectivity index is 1.85. The molecule has 0 aromatic heterocycles. The number of piperidine rings is 1. The lowest BCUT2D eigenvalue weighted by Crippen LogP contribution is -2.32. The fraction of sp³-hybridized carbons (Fsp3) is 0.364. The quantitative estimate of drug-likeness (QED) is 0.409. The van der Waals surface area contributed by atoms with E-state index in [-0.39, 0.29) is 16.8 Å². The van der Waals surface area contributed by atoms with Gasteiger partial charge in [0.15, 0.2) is 0 Å². The molecule has 2 aromatic rings. The van der Waals surface area contributed by atoms with Crippen LogP contribution in [0.4, 0.5) is 11.4 Å². The summed E-state index contributed by atoms with van der Waals surface area (Å²) in [5, 5.41) is 11.2. The van der Waals surface area contributed by atoms with E-state index in [1.54, 1.807) is 7.05 Å². The maximum atomic E-state index is 13.0. The number of rotatable bonds is 6. The largest absolute Gasteiger partial charge is 0.465 e. The summed E-state index contributed by atoms with van der Waals surface area (Å²) in [5.41, 5.74) is 1.82. The predicted molar refractivity (Wildman–Crippen MR) is 113 cm³/mol. The standard InChI is InChI=1S/C22H25N3O5/c1-23(15-16-8-4-5-9-20(16)24-10-6-3-7-11-24)21(26)17-12-18(22(27)30-2)14-19(13-17)25(28)29/h4-5,8-9,12-14H,3,6-7,10-11,15H2,1-2H3. The van der Waals surface area contributed by atoms with Crippen molar-refractivity contribution in [2.24, 2.45) is 0 Å². The molecule has 0 aliphatic carbocycles. The number of carbonyl (C=O) groups excluding carboxylic acids is 2. The first-order chi connectivity index (χ1) is 14.4. The van der Waals surface area contributed by atoms with E-state index in [1.807, 2.05) is 18.2 Å². The fourth-order valence-electron chi connectivity index (χ4n) is 3.71. The number of hydrogen-bond donors (Lipinski definition) is 0. The van der Waals surface area contributed by atoms with Gasteiger partial charge in [0, 0.05) is 50.1 Å². The van der Waals surface area contributed by atoms with E-state index in [0.717, 1.165) is 43.2 Å². The molecule has 0 radical (unpaired) electrons. The Bertz CT molecular complexity index is 954. The molecule has 158 valence electrons. The summed E-state index contributed by atoms with van der Waals surface area (Å²) in [4.78, 5) is 39.3. The van der Waals surface area contributed by atoms with E-state index in [4.69, 9.17) is 0 Å². The number of carbonyl (C=O) groups is 2. The number of anilines is 1. The molecule has 0 unspecified atom stereocenters. The number of benzene rings is 2. The Morgan fingerprint density at radius 3 is 2.43 bits per heavy atom. The van der Waals surface area contributed by atoms with Crippen molar-refractivity contribution < 1.29 is 19.2 Å². The molecule has 1 amide bonds. The topological polar surface area (TPSA) is 93.0 Å². The molecule has 1 heterocycles. The number of nitro groups is 1. The number of amides is 1. The van der Waals surface area contributed by atoms with E-state index in [9.17, 15) is 19.7 Å². The Kier molecular flexibility index (Phi) is 6.66. The molecule has 1 saturated heterocycles. The van der Waals surface area contributed by atoms with Crippen LogP contribution in [-0.2, 0) is 11.3 Å². The minimum absolute atomic E-state index is 0.0304. The maximum absolute atomic E-state index is 13.0. The third kappa shape index (κ3) is 4.76. The molecule has 1 aliphatic rings. The van der Waals surface area contributed by atoms with Crippen molar-refractivity contribution in [2.75, 3.05) is 32.1 Å². The van der Waals surface area contributed by atoms with Gasteiger partial charge in [0.05, 0.1) is 17.6 Å². The first-order valence-corrected chi connectivity index (χ1v) is 9.87. The average Bonchev–Trinajstić information content (AvgIpc) is 2.78. The second-order valence-electron chi connectivity index (χ2n) is 7.35. The summed E-state index contributed by atoms with van der Waals surface area (Å²) < 4.78 is 4.65. The first kappa shape index (κ1) is 21.3. The lowest BCUT2D eigenvalue weighted by atomic mass is 10.1. The van der Waals surface area contributed by atoms with Gasteiger partial charge in [-0.2, -0.15) is 0 Å². The van der Waals surface area contributed by atoms with E-state index in [2.05, 4.69) is 15.7 Å². The monoisotopic (exact) mass is 411 g/mol. The van der Waals surface area contributed by atoms with Crippen LogP contribution >= 0.6 is 0 Å². The third-order valence-electron chi connectivity index (χ3n) is 5.24. The van der Waals surface area contributed by atoms with Gasteiger partial charge in [-0.3, -0.25) is 14.9 Å². The minimum atomic E-state index is -0.731. The highest BCUT2D eigenvalue weighted by molar-refractivity contribution is 5.98. The smallest absolute Gasteiger partial charge is 0.338 e. The van der Waals surface area contributed by atoms with Crippen LogP contribution in [0, 0.1) is 10.1 Å². The molecule has 30 heavy (non-hydrogen) atoms. The second kappa shape index (κ2) is 9.39. The molecule has 2 aromatic carbocycles. The SMILES string of the molecule is COC(=O)c1cc(C(=O)N(C)Cc2ccccc2N2CCCCC2)cc([N+](=O)[O-])c1. The number of non-ortho nitro benzene ring substituents is 1. The van der Waals surface area contributed by atoms with Gasteiger partial charge < -0.3 is 14.5 Å². The van der Waals surface area contributed by atoms with Crippen molar-refractivity contribution in [3.63, 3.8) is 0 Å². The highest BCUT2D eigenvalue weighted by atomic mass is 16.6. The number of nitro benzene ring substituents is 1. The molecule has 0 spiro atoms. The fourth-order valence-corrected chi connectivity index (χ4v) is 3.71. The summed E-state index contributed by atoms with van der Waals surface area (Å²) in [5.74, 6) is -1.14. The van der Waals surface area contributed by atoms with Gasteiger partial charge in [-0.05, 0) is 37.0 Å². The molecule has 0 atom stereocenters. The average molecular weight is 411 g/mol. The number of methoxy groups -OCH3 is 1. The van der Waals surface area contributed by atoms with Gasteiger partial charge in [0.25, 0.3) is 11.6 Å². The molecule has 1 fully saturated rings. The van der Waals surface area contributed by atoms with Crippen LogP contribution in [0.1, 0.15) is 45.5 Å². The van der Waals surface area contributed by atoms with E-state index in [0.29, 0.717) is 6.54 Å². The van der Waals surface area contributed by atoms with Gasteiger partial charge in [-0.15, -0.1) is 0 Å². The van der Waals surface area contributed by atoms with Gasteiger partial charge >= 0.3 is 5.97 Å². The lowest BCUT2D eigenvalue weighted by Gasteiger charge is -2.31.